The van der Waals surface area contributed by atoms with Crippen molar-refractivity contribution < 1.29 is 9.53 Å². The van der Waals surface area contributed by atoms with Gasteiger partial charge in [0.15, 0.2) is 0 Å². The van der Waals surface area contributed by atoms with E-state index in [9.17, 15) is 4.79 Å². The van der Waals surface area contributed by atoms with E-state index in [4.69, 9.17) is 4.74 Å². The molecule has 0 fully saturated rings. The molecule has 2 aromatic carbocycles. The second-order valence-corrected chi connectivity index (χ2v) is 8.93. The number of benzene rings is 2. The van der Waals surface area contributed by atoms with E-state index in [1.165, 1.54) is 17.3 Å². The number of hydrogen-bond acceptors (Lipinski definition) is 6. The predicted octanol–water partition coefficient (Wildman–Crippen LogP) is 4.09. The largest absolute Gasteiger partial charge is 0.494 e. The van der Waals surface area contributed by atoms with Gasteiger partial charge in [-0.15, -0.1) is 5.10 Å². The van der Waals surface area contributed by atoms with Crippen LogP contribution in [0.15, 0.2) is 53.7 Å². The number of aromatic nitrogens is 4. The number of nitrogens with one attached hydrogen (secondary N) is 1. The minimum atomic E-state index is -0.392. The standard InChI is InChI=1S/C21H25N5O2S/c1-14(19(27)22-16-12-10-15(11-13-16)21(2,3)4)29-20-23-24-25-26(20)17-8-6-7-9-18(17)28-5/h6-14H,1-5H3,(H,22,27). The molecule has 7 nitrogen and oxygen atoms in total. The van der Waals surface area contributed by atoms with E-state index in [1.807, 2.05) is 55.5 Å². The summed E-state index contributed by atoms with van der Waals surface area (Å²) in [7, 11) is 1.59. The lowest BCUT2D eigenvalue weighted by atomic mass is 9.87. The number of methoxy groups -OCH3 is 1. The molecule has 0 saturated heterocycles. The number of ether oxygens (including phenoxy) is 1. The first-order chi connectivity index (χ1) is 13.8. The summed E-state index contributed by atoms with van der Waals surface area (Å²) in [6, 6.07) is 15.4. The highest BCUT2D eigenvalue weighted by molar-refractivity contribution is 8.00. The summed E-state index contributed by atoms with van der Waals surface area (Å²) in [6.45, 7) is 8.30. The lowest BCUT2D eigenvalue weighted by Gasteiger charge is -2.19. The van der Waals surface area contributed by atoms with Gasteiger partial charge in [0.25, 0.3) is 0 Å². The minimum Gasteiger partial charge on any atom is -0.494 e. The van der Waals surface area contributed by atoms with Crippen molar-refractivity contribution in [1.82, 2.24) is 20.2 Å². The van der Waals surface area contributed by atoms with E-state index in [1.54, 1.807) is 11.8 Å². The zero-order valence-electron chi connectivity index (χ0n) is 17.2. The van der Waals surface area contributed by atoms with Crippen LogP contribution in [0.4, 0.5) is 5.69 Å². The molecule has 3 rings (SSSR count). The summed E-state index contributed by atoms with van der Waals surface area (Å²) in [5.74, 6) is 0.533. The normalized spacial score (nSPS) is 12.4. The van der Waals surface area contributed by atoms with Gasteiger partial charge >= 0.3 is 0 Å². The highest BCUT2D eigenvalue weighted by Crippen LogP contribution is 2.28. The van der Waals surface area contributed by atoms with Crippen LogP contribution in [-0.2, 0) is 10.2 Å². The molecule has 152 valence electrons. The Balaban J connectivity index is 1.70. The quantitative estimate of drug-likeness (QED) is 0.615. The summed E-state index contributed by atoms with van der Waals surface area (Å²) in [6.07, 6.45) is 0. The summed E-state index contributed by atoms with van der Waals surface area (Å²) in [5, 5.41) is 14.9. The monoisotopic (exact) mass is 411 g/mol. The number of anilines is 1. The fraction of sp³-hybridized carbons (Fsp3) is 0.333. The molecule has 3 aromatic rings. The molecule has 1 heterocycles. The number of thioether (sulfide) groups is 1. The van der Waals surface area contributed by atoms with Crippen LogP contribution in [0.2, 0.25) is 0 Å². The maximum Gasteiger partial charge on any atom is 0.237 e. The highest BCUT2D eigenvalue weighted by Gasteiger charge is 2.21. The van der Waals surface area contributed by atoms with Crippen molar-refractivity contribution in [3.63, 3.8) is 0 Å². The topological polar surface area (TPSA) is 81.9 Å². The molecule has 1 amide bonds. The van der Waals surface area contributed by atoms with Gasteiger partial charge < -0.3 is 10.1 Å². The van der Waals surface area contributed by atoms with Crippen molar-refractivity contribution in [3.8, 4) is 11.4 Å². The molecule has 0 saturated carbocycles. The van der Waals surface area contributed by atoms with Crippen LogP contribution in [-0.4, -0.2) is 38.5 Å². The fourth-order valence-corrected chi connectivity index (χ4v) is 3.52. The summed E-state index contributed by atoms with van der Waals surface area (Å²) < 4.78 is 6.96. The molecular weight excluding hydrogens is 386 g/mol. The number of carbonyl (C=O) groups excluding carboxylic acids is 1. The van der Waals surface area contributed by atoms with E-state index < -0.39 is 5.25 Å². The van der Waals surface area contributed by atoms with Gasteiger partial charge in [0.1, 0.15) is 11.4 Å². The number of tetrazole rings is 1. The summed E-state index contributed by atoms with van der Waals surface area (Å²) in [5.41, 5.74) is 2.77. The third-order valence-electron chi connectivity index (χ3n) is 4.42. The van der Waals surface area contributed by atoms with Crippen molar-refractivity contribution in [1.29, 1.82) is 0 Å². The molecule has 1 unspecified atom stereocenters. The molecule has 0 aliphatic rings. The van der Waals surface area contributed by atoms with Crippen LogP contribution in [0.1, 0.15) is 33.3 Å². The first-order valence-electron chi connectivity index (χ1n) is 9.29. The van der Waals surface area contributed by atoms with Crippen molar-refractivity contribution >= 4 is 23.4 Å². The Morgan fingerprint density at radius 2 is 1.83 bits per heavy atom. The third-order valence-corrected chi connectivity index (χ3v) is 5.46. The van der Waals surface area contributed by atoms with Crippen LogP contribution < -0.4 is 10.1 Å². The second-order valence-electron chi connectivity index (χ2n) is 7.62. The van der Waals surface area contributed by atoms with E-state index in [2.05, 4.69) is 41.6 Å². The first kappa shape index (κ1) is 20.9. The Kier molecular flexibility index (Phi) is 6.22. The van der Waals surface area contributed by atoms with Crippen molar-refractivity contribution in [3.05, 3.63) is 54.1 Å². The first-order valence-corrected chi connectivity index (χ1v) is 10.2. The average molecular weight is 412 g/mol. The maximum absolute atomic E-state index is 12.7. The van der Waals surface area contributed by atoms with Crippen molar-refractivity contribution in [2.45, 2.75) is 43.5 Å². The van der Waals surface area contributed by atoms with E-state index in [-0.39, 0.29) is 11.3 Å². The van der Waals surface area contributed by atoms with Crippen LogP contribution in [0.25, 0.3) is 5.69 Å². The fourth-order valence-electron chi connectivity index (χ4n) is 2.72. The molecule has 1 atom stereocenters. The van der Waals surface area contributed by atoms with Gasteiger partial charge in [0.2, 0.25) is 11.1 Å². The number of nitrogens with zero attached hydrogens (tertiary/aromatic N) is 4. The number of carbonyl (C=O) groups is 1. The lowest BCUT2D eigenvalue weighted by Crippen LogP contribution is -2.23. The molecule has 8 heteroatoms. The number of amides is 1. The Labute approximate surface area is 174 Å². The van der Waals surface area contributed by atoms with Crippen LogP contribution in [0, 0.1) is 0 Å². The molecule has 1 N–H and O–H groups in total. The smallest absolute Gasteiger partial charge is 0.237 e. The molecule has 29 heavy (non-hydrogen) atoms. The van der Waals surface area contributed by atoms with Crippen molar-refractivity contribution in [2.24, 2.45) is 0 Å². The molecule has 1 aromatic heterocycles. The lowest BCUT2D eigenvalue weighted by molar-refractivity contribution is -0.115. The van der Waals surface area contributed by atoms with Gasteiger partial charge in [-0.05, 0) is 52.6 Å². The molecule has 0 bridgehead atoms. The molecule has 0 radical (unpaired) electrons. The van der Waals surface area contributed by atoms with Gasteiger partial charge in [-0.1, -0.05) is 56.8 Å². The molecule has 0 aliphatic carbocycles. The predicted molar refractivity (Wildman–Crippen MR) is 115 cm³/mol. The summed E-state index contributed by atoms with van der Waals surface area (Å²) in [4.78, 5) is 12.7. The minimum absolute atomic E-state index is 0.0707. The van der Waals surface area contributed by atoms with E-state index >= 15 is 0 Å². The number of rotatable bonds is 6. The Hall–Kier alpha value is -2.87. The SMILES string of the molecule is COc1ccccc1-n1nnnc1SC(C)C(=O)Nc1ccc(C(C)(C)C)cc1. The Morgan fingerprint density at radius 3 is 2.48 bits per heavy atom. The van der Waals surface area contributed by atoms with Gasteiger partial charge in [-0.25, -0.2) is 0 Å². The van der Waals surface area contributed by atoms with Gasteiger partial charge in [0, 0.05) is 5.69 Å². The third kappa shape index (κ3) is 4.95. The van der Waals surface area contributed by atoms with Crippen LogP contribution in [0.3, 0.4) is 0 Å². The Bertz CT molecular complexity index is 979. The van der Waals surface area contributed by atoms with E-state index in [0.717, 1.165) is 5.69 Å². The number of hydrogen-bond donors (Lipinski definition) is 1. The van der Waals surface area contributed by atoms with Gasteiger partial charge in [-0.3, -0.25) is 4.79 Å². The zero-order chi connectivity index (χ0) is 21.0. The Morgan fingerprint density at radius 1 is 1.14 bits per heavy atom. The average Bonchev–Trinajstić information content (AvgIpc) is 3.15. The number of para-hydroxylation sites is 2. The zero-order valence-corrected chi connectivity index (χ0v) is 18.0. The van der Waals surface area contributed by atoms with Gasteiger partial charge in [0.05, 0.1) is 12.4 Å². The molecule has 0 spiro atoms. The molecule has 0 aliphatic heterocycles. The van der Waals surface area contributed by atoms with Crippen LogP contribution >= 0.6 is 11.8 Å². The highest BCUT2D eigenvalue weighted by atomic mass is 32.2. The molecular formula is C21H25N5O2S. The van der Waals surface area contributed by atoms with Gasteiger partial charge in [-0.2, -0.15) is 4.68 Å². The summed E-state index contributed by atoms with van der Waals surface area (Å²) >= 11 is 1.28. The van der Waals surface area contributed by atoms with E-state index in [0.29, 0.717) is 16.6 Å². The maximum atomic E-state index is 12.7. The second kappa shape index (κ2) is 8.65. The van der Waals surface area contributed by atoms with Crippen LogP contribution in [0.5, 0.6) is 5.75 Å². The van der Waals surface area contributed by atoms with Crippen molar-refractivity contribution in [2.75, 3.05) is 12.4 Å².